The minimum absolute atomic E-state index is 0.344. The van der Waals surface area contributed by atoms with Crippen LogP contribution in [0.15, 0.2) is 18.2 Å². The first-order valence-corrected chi connectivity index (χ1v) is 4.17. The number of nitrogens with two attached hydrogens (primary N) is 1. The van der Waals surface area contributed by atoms with Gasteiger partial charge in [-0.1, -0.05) is 32.0 Å². The second-order valence-electron chi connectivity index (χ2n) is 3.21. The first kappa shape index (κ1) is 9.07. The zero-order chi connectivity index (χ0) is 9.14. The molecule has 3 N–H and O–H groups in total. The Labute approximate surface area is 73.0 Å². The number of benzene rings is 1. The van der Waals surface area contributed by atoms with E-state index in [0.717, 1.165) is 11.1 Å². The van der Waals surface area contributed by atoms with E-state index >= 15 is 0 Å². The highest BCUT2D eigenvalue weighted by atomic mass is 16.3. The summed E-state index contributed by atoms with van der Waals surface area (Å²) in [6.45, 7) is 4.50. The van der Waals surface area contributed by atoms with Crippen LogP contribution in [0.4, 0.5) is 0 Å². The maximum atomic E-state index is 9.68. The Balaban J connectivity index is 3.14. The number of phenolic OH excluding ortho intramolecular Hbond substituents is 1. The first-order valence-electron chi connectivity index (χ1n) is 4.17. The van der Waals surface area contributed by atoms with Crippen LogP contribution in [0.3, 0.4) is 0 Å². The molecule has 0 aliphatic rings. The number of rotatable bonds is 2. The third kappa shape index (κ3) is 1.59. The van der Waals surface area contributed by atoms with Crippen LogP contribution in [0.25, 0.3) is 0 Å². The van der Waals surface area contributed by atoms with E-state index in [2.05, 4.69) is 13.8 Å². The van der Waals surface area contributed by atoms with Crippen molar-refractivity contribution in [3.8, 4) is 5.75 Å². The van der Waals surface area contributed by atoms with E-state index in [9.17, 15) is 5.11 Å². The molecule has 0 heterocycles. The van der Waals surface area contributed by atoms with E-state index in [-0.39, 0.29) is 0 Å². The molecule has 66 valence electrons. The van der Waals surface area contributed by atoms with Crippen LogP contribution in [0.5, 0.6) is 5.75 Å². The normalized spacial score (nSPS) is 10.7. The molecule has 0 saturated heterocycles. The fraction of sp³-hybridized carbons (Fsp3) is 0.400. The molecule has 0 saturated carbocycles. The molecule has 0 aromatic heterocycles. The first-order chi connectivity index (χ1) is 5.66. The molecule has 1 aromatic carbocycles. The van der Waals surface area contributed by atoms with E-state index in [0.29, 0.717) is 18.2 Å². The molecule has 12 heavy (non-hydrogen) atoms. The summed E-state index contributed by atoms with van der Waals surface area (Å²) < 4.78 is 0. The van der Waals surface area contributed by atoms with E-state index in [1.54, 1.807) is 0 Å². The number of hydrogen-bond acceptors (Lipinski definition) is 2. The standard InChI is InChI=1S/C10H15NO/c1-7(2)9-5-3-4-8(6-11)10(9)12/h3-5,7,12H,6,11H2,1-2H3. The van der Waals surface area contributed by atoms with Crippen molar-refractivity contribution < 1.29 is 5.11 Å². The summed E-state index contributed by atoms with van der Waals surface area (Å²) in [6, 6.07) is 5.71. The van der Waals surface area contributed by atoms with Crippen molar-refractivity contribution in [2.75, 3.05) is 0 Å². The predicted molar refractivity (Wildman–Crippen MR) is 50.1 cm³/mol. The lowest BCUT2D eigenvalue weighted by atomic mass is 9.99. The molecule has 0 atom stereocenters. The summed E-state index contributed by atoms with van der Waals surface area (Å²) in [5, 5.41) is 9.68. The summed E-state index contributed by atoms with van der Waals surface area (Å²) in [4.78, 5) is 0. The summed E-state index contributed by atoms with van der Waals surface area (Å²) in [6.07, 6.45) is 0. The molecule has 1 rings (SSSR count). The Kier molecular flexibility index (Phi) is 2.71. The lowest BCUT2D eigenvalue weighted by Gasteiger charge is -2.10. The lowest BCUT2D eigenvalue weighted by Crippen LogP contribution is -1.99. The van der Waals surface area contributed by atoms with Gasteiger partial charge in [-0.3, -0.25) is 0 Å². The minimum Gasteiger partial charge on any atom is -0.507 e. The van der Waals surface area contributed by atoms with Gasteiger partial charge >= 0.3 is 0 Å². The van der Waals surface area contributed by atoms with Gasteiger partial charge in [-0.05, 0) is 11.5 Å². The maximum absolute atomic E-state index is 9.68. The van der Waals surface area contributed by atoms with Gasteiger partial charge in [0, 0.05) is 12.1 Å². The monoisotopic (exact) mass is 165 g/mol. The van der Waals surface area contributed by atoms with Crippen LogP contribution < -0.4 is 5.73 Å². The molecular weight excluding hydrogens is 150 g/mol. The van der Waals surface area contributed by atoms with Crippen LogP contribution in [0, 0.1) is 0 Å². The molecular formula is C10H15NO. The van der Waals surface area contributed by atoms with Gasteiger partial charge in [0.2, 0.25) is 0 Å². The van der Waals surface area contributed by atoms with E-state index in [1.165, 1.54) is 0 Å². The van der Waals surface area contributed by atoms with Crippen molar-refractivity contribution in [1.29, 1.82) is 0 Å². The largest absolute Gasteiger partial charge is 0.507 e. The molecule has 0 fully saturated rings. The molecule has 2 heteroatoms. The molecule has 0 bridgehead atoms. The van der Waals surface area contributed by atoms with E-state index in [1.807, 2.05) is 18.2 Å². The Bertz CT molecular complexity index is 269. The van der Waals surface area contributed by atoms with Crippen molar-refractivity contribution >= 4 is 0 Å². The molecule has 0 spiro atoms. The molecule has 1 aromatic rings. The summed E-state index contributed by atoms with van der Waals surface area (Å²) in [5.41, 5.74) is 7.25. The number of aromatic hydroxyl groups is 1. The Hall–Kier alpha value is -1.02. The lowest BCUT2D eigenvalue weighted by molar-refractivity contribution is 0.458. The molecule has 0 amide bonds. The predicted octanol–water partition coefficient (Wildman–Crippen LogP) is 1.97. The van der Waals surface area contributed by atoms with Gasteiger partial charge in [0.15, 0.2) is 0 Å². The SMILES string of the molecule is CC(C)c1cccc(CN)c1O. The van der Waals surface area contributed by atoms with Gasteiger partial charge < -0.3 is 10.8 Å². The van der Waals surface area contributed by atoms with Gasteiger partial charge in [0.1, 0.15) is 5.75 Å². The van der Waals surface area contributed by atoms with Gasteiger partial charge in [-0.2, -0.15) is 0 Å². The van der Waals surface area contributed by atoms with Crippen molar-refractivity contribution in [2.45, 2.75) is 26.3 Å². The Morgan fingerprint density at radius 1 is 1.42 bits per heavy atom. The number of hydrogen-bond donors (Lipinski definition) is 2. The van der Waals surface area contributed by atoms with Gasteiger partial charge in [-0.25, -0.2) is 0 Å². The second kappa shape index (κ2) is 3.59. The van der Waals surface area contributed by atoms with E-state index < -0.39 is 0 Å². The van der Waals surface area contributed by atoms with E-state index in [4.69, 9.17) is 5.73 Å². The fourth-order valence-electron chi connectivity index (χ4n) is 1.24. The summed E-state index contributed by atoms with van der Waals surface area (Å²) >= 11 is 0. The molecule has 0 unspecified atom stereocenters. The fourth-order valence-corrected chi connectivity index (χ4v) is 1.24. The van der Waals surface area contributed by atoms with Crippen molar-refractivity contribution in [3.63, 3.8) is 0 Å². The highest BCUT2D eigenvalue weighted by Crippen LogP contribution is 2.28. The highest BCUT2D eigenvalue weighted by Gasteiger charge is 2.07. The third-order valence-corrected chi connectivity index (χ3v) is 1.99. The van der Waals surface area contributed by atoms with Crippen molar-refractivity contribution in [2.24, 2.45) is 5.73 Å². The van der Waals surface area contributed by atoms with Crippen LogP contribution in [-0.4, -0.2) is 5.11 Å². The Morgan fingerprint density at radius 2 is 2.08 bits per heavy atom. The average Bonchev–Trinajstić information content (AvgIpc) is 2.04. The molecule has 0 radical (unpaired) electrons. The zero-order valence-corrected chi connectivity index (χ0v) is 7.54. The number of para-hydroxylation sites is 1. The van der Waals surface area contributed by atoms with Crippen molar-refractivity contribution in [3.05, 3.63) is 29.3 Å². The third-order valence-electron chi connectivity index (χ3n) is 1.99. The second-order valence-corrected chi connectivity index (χ2v) is 3.21. The Morgan fingerprint density at radius 3 is 2.58 bits per heavy atom. The zero-order valence-electron chi connectivity index (χ0n) is 7.54. The van der Waals surface area contributed by atoms with Crippen LogP contribution >= 0.6 is 0 Å². The quantitative estimate of drug-likeness (QED) is 0.703. The summed E-state index contributed by atoms with van der Waals surface area (Å²) in [5.74, 6) is 0.700. The van der Waals surface area contributed by atoms with Crippen LogP contribution in [0.2, 0.25) is 0 Å². The highest BCUT2D eigenvalue weighted by molar-refractivity contribution is 5.41. The van der Waals surface area contributed by atoms with Crippen molar-refractivity contribution in [1.82, 2.24) is 0 Å². The number of phenols is 1. The van der Waals surface area contributed by atoms with Crippen LogP contribution in [0.1, 0.15) is 30.9 Å². The van der Waals surface area contributed by atoms with Gasteiger partial charge in [0.25, 0.3) is 0 Å². The smallest absolute Gasteiger partial charge is 0.123 e. The summed E-state index contributed by atoms with van der Waals surface area (Å²) in [7, 11) is 0. The molecule has 2 nitrogen and oxygen atoms in total. The van der Waals surface area contributed by atoms with Gasteiger partial charge in [-0.15, -0.1) is 0 Å². The van der Waals surface area contributed by atoms with Crippen LogP contribution in [-0.2, 0) is 6.54 Å². The molecule has 0 aliphatic heterocycles. The maximum Gasteiger partial charge on any atom is 0.123 e. The van der Waals surface area contributed by atoms with Gasteiger partial charge in [0.05, 0.1) is 0 Å². The minimum atomic E-state index is 0.344. The average molecular weight is 165 g/mol. The molecule has 0 aliphatic carbocycles. The topological polar surface area (TPSA) is 46.2 Å².